The maximum absolute atomic E-state index is 12.3. The molecule has 0 radical (unpaired) electrons. The van der Waals surface area contributed by atoms with E-state index in [1.165, 1.54) is 6.42 Å². The third kappa shape index (κ3) is 3.23. The molecule has 2 aliphatic rings. The molecule has 1 amide bonds. The van der Waals surface area contributed by atoms with Crippen LogP contribution in [0.25, 0.3) is 0 Å². The predicted molar refractivity (Wildman–Crippen MR) is 73.2 cm³/mol. The Hall–Kier alpha value is -0.610. The van der Waals surface area contributed by atoms with E-state index in [1.54, 1.807) is 0 Å². The highest BCUT2D eigenvalue weighted by molar-refractivity contribution is 5.78. The number of rotatable bonds is 3. The summed E-state index contributed by atoms with van der Waals surface area (Å²) in [6.45, 7) is 8.67. The lowest BCUT2D eigenvalue weighted by Gasteiger charge is -2.33. The monoisotopic (exact) mass is 253 g/mol. The molecule has 2 heterocycles. The Morgan fingerprint density at radius 3 is 2.72 bits per heavy atom. The first-order valence-corrected chi connectivity index (χ1v) is 7.32. The summed E-state index contributed by atoms with van der Waals surface area (Å²) in [4.78, 5) is 16.7. The molecule has 18 heavy (non-hydrogen) atoms. The van der Waals surface area contributed by atoms with Crippen LogP contribution in [0, 0.1) is 11.8 Å². The standard InChI is InChI=1S/C14H27N3O/c1-11-4-3-5-16(8-11)14(18)10-17-9-13(7-15)6-12(17)2/h11-13H,3-10,15H2,1-2H3. The number of nitrogens with two attached hydrogens (primary N) is 1. The zero-order valence-corrected chi connectivity index (χ0v) is 11.8. The fraction of sp³-hybridized carbons (Fsp3) is 0.929. The molecule has 0 aromatic heterocycles. The van der Waals surface area contributed by atoms with Crippen molar-refractivity contribution in [1.82, 2.24) is 9.80 Å². The van der Waals surface area contributed by atoms with Crippen molar-refractivity contribution in [2.24, 2.45) is 17.6 Å². The fourth-order valence-corrected chi connectivity index (χ4v) is 3.30. The minimum atomic E-state index is 0.311. The van der Waals surface area contributed by atoms with Gasteiger partial charge in [-0.15, -0.1) is 0 Å². The van der Waals surface area contributed by atoms with Crippen molar-refractivity contribution in [3.8, 4) is 0 Å². The van der Waals surface area contributed by atoms with E-state index in [0.29, 0.717) is 30.3 Å². The van der Waals surface area contributed by atoms with Crippen LogP contribution >= 0.6 is 0 Å². The molecular weight excluding hydrogens is 226 g/mol. The van der Waals surface area contributed by atoms with Gasteiger partial charge in [-0.2, -0.15) is 0 Å². The number of piperidine rings is 1. The molecule has 104 valence electrons. The van der Waals surface area contributed by atoms with Gasteiger partial charge in [0.15, 0.2) is 0 Å². The van der Waals surface area contributed by atoms with Gasteiger partial charge in [-0.3, -0.25) is 9.69 Å². The first kappa shape index (κ1) is 13.8. The van der Waals surface area contributed by atoms with Gasteiger partial charge in [-0.05, 0) is 44.6 Å². The number of amides is 1. The van der Waals surface area contributed by atoms with Crippen molar-refractivity contribution in [3.63, 3.8) is 0 Å². The lowest BCUT2D eigenvalue weighted by Crippen LogP contribution is -2.45. The van der Waals surface area contributed by atoms with Gasteiger partial charge < -0.3 is 10.6 Å². The molecule has 0 aromatic carbocycles. The molecule has 3 atom stereocenters. The maximum Gasteiger partial charge on any atom is 0.236 e. The minimum Gasteiger partial charge on any atom is -0.341 e. The highest BCUT2D eigenvalue weighted by Crippen LogP contribution is 2.22. The third-order valence-electron chi connectivity index (χ3n) is 4.47. The number of hydrogen-bond donors (Lipinski definition) is 1. The Labute approximate surface area is 110 Å². The quantitative estimate of drug-likeness (QED) is 0.813. The van der Waals surface area contributed by atoms with Crippen LogP contribution in [0.4, 0.5) is 0 Å². The van der Waals surface area contributed by atoms with E-state index in [-0.39, 0.29) is 0 Å². The topological polar surface area (TPSA) is 49.6 Å². The van der Waals surface area contributed by atoms with Gasteiger partial charge in [-0.25, -0.2) is 0 Å². The molecular formula is C14H27N3O. The second-order valence-electron chi connectivity index (χ2n) is 6.20. The van der Waals surface area contributed by atoms with Crippen molar-refractivity contribution in [2.75, 3.05) is 32.7 Å². The van der Waals surface area contributed by atoms with Gasteiger partial charge >= 0.3 is 0 Å². The van der Waals surface area contributed by atoms with Crippen LogP contribution < -0.4 is 5.73 Å². The summed E-state index contributed by atoms with van der Waals surface area (Å²) in [5.41, 5.74) is 5.73. The number of nitrogens with zero attached hydrogens (tertiary/aromatic N) is 2. The molecule has 0 aliphatic carbocycles. The maximum atomic E-state index is 12.3. The largest absolute Gasteiger partial charge is 0.341 e. The van der Waals surface area contributed by atoms with Gasteiger partial charge in [0, 0.05) is 25.7 Å². The number of likely N-dealkylation sites (tertiary alicyclic amines) is 2. The number of carbonyl (C=O) groups is 1. The lowest BCUT2D eigenvalue weighted by atomic mass is 10.0. The Morgan fingerprint density at radius 2 is 2.11 bits per heavy atom. The van der Waals surface area contributed by atoms with Gasteiger partial charge in [0.1, 0.15) is 0 Å². The van der Waals surface area contributed by atoms with Crippen LogP contribution in [0.1, 0.15) is 33.1 Å². The molecule has 0 saturated carbocycles. The number of hydrogen-bond acceptors (Lipinski definition) is 3. The molecule has 2 N–H and O–H groups in total. The van der Waals surface area contributed by atoms with Gasteiger partial charge in [0.2, 0.25) is 5.91 Å². The predicted octanol–water partition coefficient (Wildman–Crippen LogP) is 0.914. The molecule has 2 saturated heterocycles. The van der Waals surface area contributed by atoms with E-state index < -0.39 is 0 Å². The summed E-state index contributed by atoms with van der Waals surface area (Å²) in [5, 5.41) is 0. The Kier molecular flexibility index (Phi) is 4.62. The fourth-order valence-electron chi connectivity index (χ4n) is 3.30. The van der Waals surface area contributed by atoms with Gasteiger partial charge in [0.25, 0.3) is 0 Å². The minimum absolute atomic E-state index is 0.311. The van der Waals surface area contributed by atoms with Crippen molar-refractivity contribution >= 4 is 5.91 Å². The Morgan fingerprint density at radius 1 is 1.33 bits per heavy atom. The highest BCUT2D eigenvalue weighted by Gasteiger charge is 2.31. The van der Waals surface area contributed by atoms with E-state index in [9.17, 15) is 4.79 Å². The van der Waals surface area contributed by atoms with Crippen LogP contribution in [-0.2, 0) is 4.79 Å². The van der Waals surface area contributed by atoms with Crippen LogP contribution in [-0.4, -0.2) is 54.5 Å². The van der Waals surface area contributed by atoms with Crippen LogP contribution in [0.2, 0.25) is 0 Å². The molecule has 2 aliphatic heterocycles. The molecule has 2 rings (SSSR count). The van der Waals surface area contributed by atoms with Crippen molar-refractivity contribution in [3.05, 3.63) is 0 Å². The molecule has 3 unspecified atom stereocenters. The lowest BCUT2D eigenvalue weighted by molar-refractivity contribution is -0.134. The first-order chi connectivity index (χ1) is 8.60. The van der Waals surface area contributed by atoms with E-state index >= 15 is 0 Å². The molecule has 0 spiro atoms. The van der Waals surface area contributed by atoms with Crippen molar-refractivity contribution in [1.29, 1.82) is 0 Å². The van der Waals surface area contributed by atoms with E-state index in [2.05, 4.69) is 23.6 Å². The van der Waals surface area contributed by atoms with Crippen LogP contribution in [0.5, 0.6) is 0 Å². The van der Waals surface area contributed by atoms with E-state index in [1.807, 2.05) is 0 Å². The Balaban J connectivity index is 1.83. The van der Waals surface area contributed by atoms with E-state index in [0.717, 1.165) is 39.0 Å². The van der Waals surface area contributed by atoms with Crippen molar-refractivity contribution in [2.45, 2.75) is 39.2 Å². The third-order valence-corrected chi connectivity index (χ3v) is 4.47. The second-order valence-corrected chi connectivity index (χ2v) is 6.20. The molecule has 2 fully saturated rings. The summed E-state index contributed by atoms with van der Waals surface area (Å²) < 4.78 is 0. The summed E-state index contributed by atoms with van der Waals surface area (Å²) in [7, 11) is 0. The summed E-state index contributed by atoms with van der Waals surface area (Å²) in [6, 6.07) is 0.504. The average Bonchev–Trinajstić information content (AvgIpc) is 2.70. The zero-order chi connectivity index (χ0) is 13.1. The molecule has 4 nitrogen and oxygen atoms in total. The summed E-state index contributed by atoms with van der Waals surface area (Å²) >= 11 is 0. The number of carbonyl (C=O) groups excluding carboxylic acids is 1. The summed E-state index contributed by atoms with van der Waals surface area (Å²) in [5.74, 6) is 1.55. The van der Waals surface area contributed by atoms with Crippen molar-refractivity contribution < 1.29 is 4.79 Å². The molecule has 0 aromatic rings. The smallest absolute Gasteiger partial charge is 0.236 e. The zero-order valence-electron chi connectivity index (χ0n) is 11.8. The molecule has 0 bridgehead atoms. The van der Waals surface area contributed by atoms with Gasteiger partial charge in [0.05, 0.1) is 6.54 Å². The molecule has 4 heteroatoms. The van der Waals surface area contributed by atoms with Crippen LogP contribution in [0.3, 0.4) is 0 Å². The van der Waals surface area contributed by atoms with Gasteiger partial charge in [-0.1, -0.05) is 6.92 Å². The second kappa shape index (κ2) is 6.02. The first-order valence-electron chi connectivity index (χ1n) is 7.32. The normalized spacial score (nSPS) is 33.9. The van der Waals surface area contributed by atoms with E-state index in [4.69, 9.17) is 5.73 Å². The van der Waals surface area contributed by atoms with Crippen LogP contribution in [0.15, 0.2) is 0 Å². The SMILES string of the molecule is CC1CCCN(C(=O)CN2CC(CN)CC2C)C1. The summed E-state index contributed by atoms with van der Waals surface area (Å²) in [6.07, 6.45) is 3.56. The Bertz CT molecular complexity index is 295. The highest BCUT2D eigenvalue weighted by atomic mass is 16.2. The average molecular weight is 253 g/mol.